The van der Waals surface area contributed by atoms with Gasteiger partial charge < -0.3 is 9.47 Å². The van der Waals surface area contributed by atoms with Crippen LogP contribution in [0.2, 0.25) is 0 Å². The van der Waals surface area contributed by atoms with Gasteiger partial charge in [0, 0.05) is 17.8 Å². The number of hydrogen-bond acceptors (Lipinski definition) is 7. The van der Waals surface area contributed by atoms with E-state index in [0.29, 0.717) is 22.7 Å². The van der Waals surface area contributed by atoms with Gasteiger partial charge in [0.25, 0.3) is 0 Å². The Morgan fingerprint density at radius 2 is 1.74 bits per heavy atom. The average molecular weight is 415 g/mol. The predicted octanol–water partition coefficient (Wildman–Crippen LogP) is 2.01. The lowest BCUT2D eigenvalue weighted by Gasteiger charge is -2.30. The Balaban J connectivity index is 1.42. The molecule has 0 aromatic heterocycles. The van der Waals surface area contributed by atoms with Crippen molar-refractivity contribution in [2.45, 2.75) is 12.1 Å². The number of rotatable bonds is 3. The zero-order valence-corrected chi connectivity index (χ0v) is 16.3. The van der Waals surface area contributed by atoms with Gasteiger partial charge in [0.15, 0.2) is 17.3 Å². The summed E-state index contributed by atoms with van der Waals surface area (Å²) in [6.45, 7) is 0.0966. The zero-order chi connectivity index (χ0) is 21.1. The molecule has 0 spiro atoms. The quantitative estimate of drug-likeness (QED) is 0.563. The number of fused-ring (bicyclic) bond motifs is 4. The number of nitrogens with zero attached hydrogens (tertiary/aromatic N) is 3. The first-order valence-corrected chi connectivity index (χ1v) is 10.0. The number of carbonyl (C=O) groups is 3. The molecule has 2 aromatic rings. The number of ketones is 1. The van der Waals surface area contributed by atoms with Crippen molar-refractivity contribution in [3.8, 4) is 11.5 Å². The van der Waals surface area contributed by atoms with E-state index in [-0.39, 0.29) is 18.5 Å². The van der Waals surface area contributed by atoms with Crippen LogP contribution < -0.4 is 14.4 Å². The van der Waals surface area contributed by atoms with Crippen LogP contribution in [0, 0.1) is 11.8 Å². The average Bonchev–Trinajstić information content (AvgIpc) is 3.47. The number of Topliss-reactive ketones (excluding diaryl/α,β-unsaturated/α-hetero) is 1. The Hall–Kier alpha value is -3.94. The number of imide groups is 1. The van der Waals surface area contributed by atoms with Crippen LogP contribution in [-0.2, 0) is 9.59 Å². The van der Waals surface area contributed by atoms with Crippen LogP contribution in [0.4, 0.5) is 5.69 Å². The molecule has 154 valence electrons. The summed E-state index contributed by atoms with van der Waals surface area (Å²) >= 11 is 0. The first kappa shape index (κ1) is 17.9. The molecule has 4 aliphatic heterocycles. The number of anilines is 1. The molecule has 4 aliphatic rings. The monoisotopic (exact) mass is 415 g/mol. The SMILES string of the molecule is O=C(c1ccccc1)[C@@H]1[C@@H]2C(=O)N(c3ccc4c(c3)OCO4)C(=O)[C@@H]2C2C=CC=NN21. The van der Waals surface area contributed by atoms with Crippen molar-refractivity contribution in [1.29, 1.82) is 0 Å². The highest BCUT2D eigenvalue weighted by Crippen LogP contribution is 2.47. The van der Waals surface area contributed by atoms with Gasteiger partial charge in [-0.1, -0.05) is 36.4 Å². The summed E-state index contributed by atoms with van der Waals surface area (Å²) in [4.78, 5) is 41.6. The van der Waals surface area contributed by atoms with Crippen molar-refractivity contribution in [3.63, 3.8) is 0 Å². The molecule has 2 saturated heterocycles. The van der Waals surface area contributed by atoms with Gasteiger partial charge in [0.2, 0.25) is 18.6 Å². The summed E-state index contributed by atoms with van der Waals surface area (Å²) < 4.78 is 10.7. The van der Waals surface area contributed by atoms with Crippen LogP contribution in [-0.4, -0.2) is 47.7 Å². The molecular weight excluding hydrogens is 398 g/mol. The number of ether oxygens (including phenoxy) is 2. The van der Waals surface area contributed by atoms with Gasteiger partial charge in [0.05, 0.1) is 23.6 Å². The maximum atomic E-state index is 13.6. The third kappa shape index (κ3) is 2.48. The molecule has 8 nitrogen and oxygen atoms in total. The van der Waals surface area contributed by atoms with E-state index < -0.39 is 29.8 Å². The molecule has 4 heterocycles. The first-order valence-electron chi connectivity index (χ1n) is 10.0. The minimum Gasteiger partial charge on any atom is -0.454 e. The molecule has 1 unspecified atom stereocenters. The lowest BCUT2D eigenvalue weighted by molar-refractivity contribution is -0.123. The lowest BCUT2D eigenvalue weighted by atomic mass is 9.86. The second-order valence-corrected chi connectivity index (χ2v) is 7.80. The fourth-order valence-corrected chi connectivity index (χ4v) is 4.89. The Morgan fingerprint density at radius 1 is 0.968 bits per heavy atom. The molecule has 0 aliphatic carbocycles. The van der Waals surface area contributed by atoms with Crippen molar-refractivity contribution in [2.24, 2.45) is 16.9 Å². The van der Waals surface area contributed by atoms with E-state index in [4.69, 9.17) is 9.47 Å². The maximum absolute atomic E-state index is 13.6. The molecule has 2 fully saturated rings. The maximum Gasteiger partial charge on any atom is 0.240 e. The molecule has 0 saturated carbocycles. The molecule has 2 aromatic carbocycles. The number of allylic oxidation sites excluding steroid dienone is 1. The van der Waals surface area contributed by atoms with Crippen LogP contribution in [0.15, 0.2) is 65.8 Å². The molecule has 0 N–H and O–H groups in total. The fourth-order valence-electron chi connectivity index (χ4n) is 4.89. The van der Waals surface area contributed by atoms with Crippen molar-refractivity contribution in [1.82, 2.24) is 5.01 Å². The van der Waals surface area contributed by atoms with Gasteiger partial charge in [-0.3, -0.25) is 19.4 Å². The fraction of sp³-hybridized carbons (Fsp3) is 0.217. The minimum absolute atomic E-state index is 0.0966. The highest BCUT2D eigenvalue weighted by molar-refractivity contribution is 6.24. The van der Waals surface area contributed by atoms with Crippen molar-refractivity contribution in [3.05, 3.63) is 66.2 Å². The van der Waals surface area contributed by atoms with Crippen molar-refractivity contribution < 1.29 is 23.9 Å². The van der Waals surface area contributed by atoms with E-state index >= 15 is 0 Å². The van der Waals surface area contributed by atoms with Crippen LogP contribution in [0.3, 0.4) is 0 Å². The highest BCUT2D eigenvalue weighted by Gasteiger charge is 2.64. The molecule has 6 rings (SSSR count). The Morgan fingerprint density at radius 3 is 2.58 bits per heavy atom. The van der Waals surface area contributed by atoms with E-state index in [1.54, 1.807) is 59.8 Å². The highest BCUT2D eigenvalue weighted by atomic mass is 16.7. The van der Waals surface area contributed by atoms with E-state index in [1.807, 2.05) is 12.1 Å². The van der Waals surface area contributed by atoms with E-state index in [9.17, 15) is 14.4 Å². The summed E-state index contributed by atoms with van der Waals surface area (Å²) in [5.41, 5.74) is 0.896. The van der Waals surface area contributed by atoms with Gasteiger partial charge in [-0.25, -0.2) is 4.90 Å². The molecular formula is C23H17N3O5. The summed E-state index contributed by atoms with van der Waals surface area (Å²) in [7, 11) is 0. The second kappa shape index (κ2) is 6.53. The third-order valence-corrected chi connectivity index (χ3v) is 6.23. The molecule has 31 heavy (non-hydrogen) atoms. The third-order valence-electron chi connectivity index (χ3n) is 6.23. The summed E-state index contributed by atoms with van der Waals surface area (Å²) in [5, 5.41) is 5.97. The van der Waals surface area contributed by atoms with Crippen LogP contribution in [0.5, 0.6) is 11.5 Å². The van der Waals surface area contributed by atoms with E-state index in [2.05, 4.69) is 5.10 Å². The topological polar surface area (TPSA) is 88.5 Å². The van der Waals surface area contributed by atoms with Crippen LogP contribution in [0.1, 0.15) is 10.4 Å². The number of benzene rings is 2. The summed E-state index contributed by atoms with van der Waals surface area (Å²) in [5.74, 6) is -1.43. The smallest absolute Gasteiger partial charge is 0.240 e. The number of hydrogen-bond donors (Lipinski definition) is 0. The van der Waals surface area contributed by atoms with Gasteiger partial charge in [-0.15, -0.1) is 0 Å². The first-order chi connectivity index (χ1) is 15.1. The lowest BCUT2D eigenvalue weighted by Crippen LogP contribution is -2.46. The summed E-state index contributed by atoms with van der Waals surface area (Å²) in [6, 6.07) is 12.5. The van der Waals surface area contributed by atoms with E-state index in [0.717, 1.165) is 0 Å². The van der Waals surface area contributed by atoms with Gasteiger partial charge >= 0.3 is 0 Å². The standard InChI is InChI=1S/C23H17N3O5/c27-21(13-5-2-1-3-6-13)20-19-18(15-7-4-10-24-26(15)20)22(28)25(23(19)29)14-8-9-16-17(11-14)31-12-30-16/h1-11,15,18-20H,12H2/t15?,18-,19-,20+/m1/s1. The minimum atomic E-state index is -0.853. The van der Waals surface area contributed by atoms with Crippen LogP contribution >= 0.6 is 0 Å². The number of amides is 2. The Kier molecular flexibility index (Phi) is 3.77. The summed E-state index contributed by atoms with van der Waals surface area (Å²) in [6.07, 6.45) is 5.15. The van der Waals surface area contributed by atoms with E-state index in [1.165, 1.54) is 4.90 Å². The Bertz CT molecular complexity index is 1170. The second-order valence-electron chi connectivity index (χ2n) is 7.80. The molecule has 0 radical (unpaired) electrons. The molecule has 2 amide bonds. The zero-order valence-electron chi connectivity index (χ0n) is 16.3. The van der Waals surface area contributed by atoms with Gasteiger partial charge in [-0.2, -0.15) is 5.10 Å². The van der Waals surface area contributed by atoms with Crippen molar-refractivity contribution in [2.75, 3.05) is 11.7 Å². The predicted molar refractivity (Wildman–Crippen MR) is 110 cm³/mol. The van der Waals surface area contributed by atoms with Gasteiger partial charge in [-0.05, 0) is 18.2 Å². The normalized spacial score (nSPS) is 27.6. The number of hydrazone groups is 1. The molecule has 8 heteroatoms. The molecule has 0 bridgehead atoms. The largest absolute Gasteiger partial charge is 0.454 e. The number of carbonyl (C=O) groups excluding carboxylic acids is 3. The Labute approximate surface area is 177 Å². The van der Waals surface area contributed by atoms with Gasteiger partial charge in [0.1, 0.15) is 6.04 Å². The van der Waals surface area contributed by atoms with Crippen LogP contribution in [0.25, 0.3) is 0 Å². The molecule has 4 atom stereocenters. The van der Waals surface area contributed by atoms with Crippen molar-refractivity contribution >= 4 is 29.5 Å².